The molecule has 25 heavy (non-hydrogen) atoms. The molecular weight excluding hydrogens is 322 g/mol. The topological polar surface area (TPSA) is 72.2 Å². The molecule has 2 rings (SSSR count). The van der Waals surface area contributed by atoms with Crippen LogP contribution in [0.2, 0.25) is 0 Å². The lowest BCUT2D eigenvalue weighted by atomic mass is 9.97. The normalized spacial score (nSPS) is 11.0. The Kier molecular flexibility index (Phi) is 6.00. The minimum atomic E-state index is 0.528. The molecule has 2 aromatic rings. The van der Waals surface area contributed by atoms with Crippen LogP contribution in [0.3, 0.4) is 0 Å². The van der Waals surface area contributed by atoms with E-state index in [1.54, 1.807) is 41.8 Å². The minimum Gasteiger partial charge on any atom is -0.504 e. The molecular formula is C19H23NO5. The van der Waals surface area contributed by atoms with Crippen molar-refractivity contribution in [1.29, 1.82) is 0 Å². The van der Waals surface area contributed by atoms with Gasteiger partial charge in [-0.3, -0.25) is 0 Å². The summed E-state index contributed by atoms with van der Waals surface area (Å²) in [6, 6.07) is 9.25. The first-order chi connectivity index (χ1) is 12.1. The predicted molar refractivity (Wildman–Crippen MR) is 97.6 cm³/mol. The number of nitrogen functional groups attached to an aromatic ring is 1. The van der Waals surface area contributed by atoms with Gasteiger partial charge in [-0.15, -0.1) is 0 Å². The van der Waals surface area contributed by atoms with E-state index in [0.717, 1.165) is 16.7 Å². The summed E-state index contributed by atoms with van der Waals surface area (Å²) < 4.78 is 26.7. The molecule has 0 spiro atoms. The monoisotopic (exact) mass is 345 g/mol. The summed E-state index contributed by atoms with van der Waals surface area (Å²) in [5.74, 6) is 2.26. The molecule has 0 aromatic heterocycles. The third-order valence-electron chi connectivity index (χ3n) is 3.75. The van der Waals surface area contributed by atoms with Crippen LogP contribution >= 0.6 is 0 Å². The molecule has 0 bridgehead atoms. The highest BCUT2D eigenvalue weighted by atomic mass is 16.5. The average Bonchev–Trinajstić information content (AvgIpc) is 2.64. The lowest BCUT2D eigenvalue weighted by molar-refractivity contribution is 0.324. The lowest BCUT2D eigenvalue weighted by Crippen LogP contribution is -1.99. The number of ether oxygens (including phenoxy) is 5. The van der Waals surface area contributed by atoms with E-state index in [1.165, 1.54) is 0 Å². The van der Waals surface area contributed by atoms with Crippen LogP contribution in [0.15, 0.2) is 36.6 Å². The molecule has 134 valence electrons. The Morgan fingerprint density at radius 1 is 0.760 bits per heavy atom. The second-order valence-electron chi connectivity index (χ2n) is 5.14. The first kappa shape index (κ1) is 18.3. The van der Waals surface area contributed by atoms with E-state index in [4.69, 9.17) is 29.4 Å². The Balaban J connectivity index is 2.62. The van der Waals surface area contributed by atoms with Crippen LogP contribution in [0.25, 0.3) is 5.57 Å². The molecule has 0 aliphatic heterocycles. The summed E-state index contributed by atoms with van der Waals surface area (Å²) in [5.41, 5.74) is 9.10. The number of rotatable bonds is 7. The smallest absolute Gasteiger partial charge is 0.203 e. The molecule has 0 aliphatic carbocycles. The standard InChI is InChI=1S/C19H23NO5/c1-21-11-14(12-6-7-16(22-2)15(20)8-12)13-9-17(23-3)19(25-5)18(10-13)24-4/h6-11H,20H2,1-5H3/b14-11-. The van der Waals surface area contributed by atoms with Crippen molar-refractivity contribution in [2.75, 3.05) is 41.3 Å². The molecule has 2 N–H and O–H groups in total. The van der Waals surface area contributed by atoms with Gasteiger partial charge in [0.05, 0.1) is 47.5 Å². The number of methoxy groups -OCH3 is 5. The maximum Gasteiger partial charge on any atom is 0.203 e. The molecule has 0 aliphatic rings. The first-order valence-electron chi connectivity index (χ1n) is 7.56. The van der Waals surface area contributed by atoms with Crippen LogP contribution in [0.5, 0.6) is 23.0 Å². The van der Waals surface area contributed by atoms with Crippen LogP contribution in [-0.2, 0) is 4.74 Å². The van der Waals surface area contributed by atoms with Crippen molar-refractivity contribution in [2.45, 2.75) is 0 Å². The Hall–Kier alpha value is -3.02. The predicted octanol–water partition coefficient (Wildman–Crippen LogP) is 3.34. The van der Waals surface area contributed by atoms with Gasteiger partial charge in [-0.1, -0.05) is 6.07 Å². The quantitative estimate of drug-likeness (QED) is 0.613. The minimum absolute atomic E-state index is 0.528. The molecule has 2 aromatic carbocycles. The summed E-state index contributed by atoms with van der Waals surface area (Å²) in [7, 11) is 7.88. The molecule has 6 heteroatoms. The third kappa shape index (κ3) is 3.74. The highest BCUT2D eigenvalue weighted by Gasteiger charge is 2.17. The van der Waals surface area contributed by atoms with E-state index in [0.29, 0.717) is 28.7 Å². The highest BCUT2D eigenvalue weighted by Crippen LogP contribution is 2.41. The number of benzene rings is 2. The molecule has 0 saturated heterocycles. The van der Waals surface area contributed by atoms with Gasteiger partial charge >= 0.3 is 0 Å². The van der Waals surface area contributed by atoms with E-state index in [9.17, 15) is 0 Å². The number of hydrogen-bond donors (Lipinski definition) is 1. The van der Waals surface area contributed by atoms with Gasteiger partial charge in [-0.05, 0) is 35.4 Å². The van der Waals surface area contributed by atoms with Gasteiger partial charge in [0.25, 0.3) is 0 Å². The summed E-state index contributed by atoms with van der Waals surface area (Å²) in [6.45, 7) is 0. The van der Waals surface area contributed by atoms with Gasteiger partial charge in [0.15, 0.2) is 11.5 Å². The Morgan fingerprint density at radius 2 is 1.36 bits per heavy atom. The van der Waals surface area contributed by atoms with Crippen LogP contribution < -0.4 is 24.7 Å². The zero-order chi connectivity index (χ0) is 18.4. The summed E-state index contributed by atoms with van der Waals surface area (Å²) in [6.07, 6.45) is 1.64. The van der Waals surface area contributed by atoms with E-state index in [-0.39, 0.29) is 0 Å². The van der Waals surface area contributed by atoms with Gasteiger partial charge in [-0.2, -0.15) is 0 Å². The number of anilines is 1. The molecule has 0 fully saturated rings. The van der Waals surface area contributed by atoms with E-state index in [2.05, 4.69) is 0 Å². The van der Waals surface area contributed by atoms with Crippen molar-refractivity contribution < 1.29 is 23.7 Å². The van der Waals surface area contributed by atoms with Crippen LogP contribution in [-0.4, -0.2) is 35.5 Å². The van der Waals surface area contributed by atoms with Crippen molar-refractivity contribution in [2.24, 2.45) is 0 Å². The van der Waals surface area contributed by atoms with Gasteiger partial charge in [0.1, 0.15) is 5.75 Å². The molecule has 6 nitrogen and oxygen atoms in total. The molecule has 0 heterocycles. The molecule has 0 unspecified atom stereocenters. The average molecular weight is 345 g/mol. The van der Waals surface area contributed by atoms with E-state index < -0.39 is 0 Å². The van der Waals surface area contributed by atoms with Crippen LogP contribution in [0, 0.1) is 0 Å². The SMILES string of the molecule is CO/C=C(/c1ccc(OC)c(N)c1)c1cc(OC)c(OC)c(OC)c1. The fourth-order valence-corrected chi connectivity index (χ4v) is 2.56. The van der Waals surface area contributed by atoms with Crippen molar-refractivity contribution in [1.82, 2.24) is 0 Å². The fraction of sp³-hybridized carbons (Fsp3) is 0.263. The van der Waals surface area contributed by atoms with Crippen LogP contribution in [0.4, 0.5) is 5.69 Å². The third-order valence-corrected chi connectivity index (χ3v) is 3.75. The van der Waals surface area contributed by atoms with E-state index in [1.807, 2.05) is 30.3 Å². The fourth-order valence-electron chi connectivity index (χ4n) is 2.56. The zero-order valence-electron chi connectivity index (χ0n) is 15.1. The summed E-state index contributed by atoms with van der Waals surface area (Å²) in [5, 5.41) is 0. The lowest BCUT2D eigenvalue weighted by Gasteiger charge is -2.16. The summed E-state index contributed by atoms with van der Waals surface area (Å²) >= 11 is 0. The highest BCUT2D eigenvalue weighted by molar-refractivity contribution is 5.83. The maximum absolute atomic E-state index is 6.04. The molecule has 0 saturated carbocycles. The van der Waals surface area contributed by atoms with Crippen LogP contribution in [0.1, 0.15) is 11.1 Å². The molecule has 0 atom stereocenters. The molecule has 0 amide bonds. The van der Waals surface area contributed by atoms with Gasteiger partial charge in [0.2, 0.25) is 5.75 Å². The van der Waals surface area contributed by atoms with E-state index >= 15 is 0 Å². The first-order valence-corrected chi connectivity index (χ1v) is 7.56. The Labute approximate surface area is 147 Å². The van der Waals surface area contributed by atoms with Gasteiger partial charge in [-0.25, -0.2) is 0 Å². The zero-order valence-corrected chi connectivity index (χ0v) is 15.1. The second kappa shape index (κ2) is 8.19. The number of hydrogen-bond acceptors (Lipinski definition) is 6. The van der Waals surface area contributed by atoms with Crippen molar-refractivity contribution >= 4 is 11.3 Å². The van der Waals surface area contributed by atoms with Crippen molar-refractivity contribution in [3.05, 3.63) is 47.7 Å². The number of nitrogens with two attached hydrogens (primary N) is 1. The summed E-state index contributed by atoms with van der Waals surface area (Å²) in [4.78, 5) is 0. The van der Waals surface area contributed by atoms with Gasteiger partial charge in [0, 0.05) is 5.57 Å². The largest absolute Gasteiger partial charge is 0.504 e. The second-order valence-corrected chi connectivity index (χ2v) is 5.14. The maximum atomic E-state index is 6.04. The van der Waals surface area contributed by atoms with Gasteiger partial charge < -0.3 is 29.4 Å². The van der Waals surface area contributed by atoms with Crippen molar-refractivity contribution in [3.8, 4) is 23.0 Å². The molecule has 0 radical (unpaired) electrons. The Morgan fingerprint density at radius 3 is 1.80 bits per heavy atom. The Bertz CT molecular complexity index is 745. The van der Waals surface area contributed by atoms with Crippen molar-refractivity contribution in [3.63, 3.8) is 0 Å².